The Morgan fingerprint density at radius 3 is 1.23 bits per heavy atom. The first-order valence-corrected chi connectivity index (χ1v) is 12.6. The third-order valence-corrected chi connectivity index (χ3v) is 4.82. The summed E-state index contributed by atoms with van der Waals surface area (Å²) >= 11 is 0. The third-order valence-electron chi connectivity index (χ3n) is 3.70. The van der Waals surface area contributed by atoms with Crippen LogP contribution in [0.25, 0.3) is 0 Å². The minimum absolute atomic E-state index is 0.0281. The number of hydrogen-bond donors (Lipinski definition) is 0. The Bertz CT molecular complexity index is 491. The van der Waals surface area contributed by atoms with Crippen LogP contribution < -0.4 is 4.89 Å². The van der Waals surface area contributed by atoms with Crippen LogP contribution in [0.2, 0.25) is 0 Å². The second-order valence-corrected chi connectivity index (χ2v) is 13.9. The Balaban J connectivity index is 5.52. The van der Waals surface area contributed by atoms with Gasteiger partial charge >= 0.3 is 0 Å². The zero-order valence-electron chi connectivity index (χ0n) is 21.8. The maximum Gasteiger partial charge on any atom is 0.268 e. The van der Waals surface area contributed by atoms with E-state index in [2.05, 4.69) is 62.3 Å². The lowest BCUT2D eigenvalue weighted by Crippen LogP contribution is -2.43. The van der Waals surface area contributed by atoms with Gasteiger partial charge < -0.3 is 28.2 Å². The van der Waals surface area contributed by atoms with Crippen molar-refractivity contribution in [2.24, 2.45) is 21.7 Å². The van der Waals surface area contributed by atoms with Crippen LogP contribution in [0.5, 0.6) is 0 Å². The molecule has 0 bridgehead atoms. The van der Waals surface area contributed by atoms with E-state index in [0.29, 0.717) is 19.8 Å². The van der Waals surface area contributed by atoms with Gasteiger partial charge in [0.1, 0.15) is 0 Å². The van der Waals surface area contributed by atoms with Gasteiger partial charge in [-0.05, 0) is 30.1 Å². The van der Waals surface area contributed by atoms with Crippen LogP contribution in [0.3, 0.4) is 0 Å². The molecular formula is C23H48O7P-. The zero-order chi connectivity index (χ0) is 24.6. The number of rotatable bonds is 14. The van der Waals surface area contributed by atoms with E-state index >= 15 is 0 Å². The second kappa shape index (κ2) is 12.5. The first kappa shape index (κ1) is 31.0. The van der Waals surface area contributed by atoms with Crippen LogP contribution in [0, 0.1) is 21.7 Å². The highest BCUT2D eigenvalue weighted by Crippen LogP contribution is 2.42. The SMILES string of the molecule is CC(C)OP(=O)([O-])OCC(COCC(C)(C)C)(COCC(C)(C)C)COCC(C)(C)C. The van der Waals surface area contributed by atoms with Gasteiger partial charge in [0.05, 0.1) is 57.8 Å². The topological polar surface area (TPSA) is 86.3 Å². The monoisotopic (exact) mass is 467 g/mol. The molecule has 0 radical (unpaired) electrons. The molecular weight excluding hydrogens is 419 g/mol. The van der Waals surface area contributed by atoms with Crippen LogP contribution in [0.15, 0.2) is 0 Å². The number of phosphoric acid groups is 1. The van der Waals surface area contributed by atoms with E-state index in [1.54, 1.807) is 13.8 Å². The predicted molar refractivity (Wildman–Crippen MR) is 123 cm³/mol. The minimum atomic E-state index is -4.46. The molecule has 0 spiro atoms. The van der Waals surface area contributed by atoms with E-state index in [0.717, 1.165) is 0 Å². The van der Waals surface area contributed by atoms with Crippen LogP contribution in [0.4, 0.5) is 0 Å². The standard InChI is InChI=1S/C23H49O7P/c1-19(2)30-31(24,25)29-18-23(15-26-12-20(3,4)5,16-27-13-21(6,7)8)17-28-14-22(9,10)11/h19H,12-18H2,1-11H3,(H,24,25)/p-1. The van der Waals surface area contributed by atoms with Crippen molar-refractivity contribution in [3.05, 3.63) is 0 Å². The van der Waals surface area contributed by atoms with E-state index < -0.39 is 19.3 Å². The van der Waals surface area contributed by atoms with Crippen molar-refractivity contribution < 1.29 is 32.7 Å². The largest absolute Gasteiger partial charge is 0.756 e. The molecule has 0 aromatic heterocycles. The van der Waals surface area contributed by atoms with Crippen LogP contribution in [0.1, 0.15) is 76.2 Å². The zero-order valence-corrected chi connectivity index (χ0v) is 22.7. The Morgan fingerprint density at radius 1 is 0.645 bits per heavy atom. The lowest BCUT2D eigenvalue weighted by molar-refractivity contribution is -0.233. The number of phosphoric ester groups is 1. The first-order chi connectivity index (χ1) is 13.7. The molecule has 1 unspecified atom stereocenters. The Labute approximate surface area is 191 Å². The van der Waals surface area contributed by atoms with Crippen molar-refractivity contribution in [2.45, 2.75) is 82.3 Å². The van der Waals surface area contributed by atoms with Gasteiger partial charge in [-0.25, -0.2) is 0 Å². The molecule has 0 aliphatic rings. The molecule has 1 atom stereocenters. The smallest absolute Gasteiger partial charge is 0.268 e. The minimum Gasteiger partial charge on any atom is -0.756 e. The van der Waals surface area contributed by atoms with E-state index in [9.17, 15) is 9.46 Å². The first-order valence-electron chi connectivity index (χ1n) is 11.1. The summed E-state index contributed by atoms with van der Waals surface area (Å²) in [6.45, 7) is 24.2. The molecule has 8 heteroatoms. The molecule has 0 aliphatic carbocycles. The maximum atomic E-state index is 12.2. The highest BCUT2D eigenvalue weighted by Gasteiger charge is 2.35. The average molecular weight is 468 g/mol. The summed E-state index contributed by atoms with van der Waals surface area (Å²) in [6.07, 6.45) is -0.496. The second-order valence-electron chi connectivity index (χ2n) is 12.5. The third kappa shape index (κ3) is 18.1. The molecule has 0 rings (SSSR count). The van der Waals surface area contributed by atoms with E-state index in [1.165, 1.54) is 0 Å². The van der Waals surface area contributed by atoms with Gasteiger partial charge in [-0.3, -0.25) is 4.57 Å². The quantitative estimate of drug-likeness (QED) is 0.330. The molecule has 0 N–H and O–H groups in total. The van der Waals surface area contributed by atoms with Crippen LogP contribution >= 0.6 is 7.82 Å². The van der Waals surface area contributed by atoms with Gasteiger partial charge in [0.25, 0.3) is 7.82 Å². The molecule has 0 fully saturated rings. The van der Waals surface area contributed by atoms with E-state index in [4.69, 9.17) is 23.3 Å². The van der Waals surface area contributed by atoms with Crippen molar-refractivity contribution in [1.29, 1.82) is 0 Å². The summed E-state index contributed by atoms with van der Waals surface area (Å²) in [5.74, 6) is 0. The molecule has 0 aromatic rings. The Kier molecular flexibility index (Phi) is 12.4. The van der Waals surface area contributed by atoms with Crippen molar-refractivity contribution in [2.75, 3.05) is 46.2 Å². The van der Waals surface area contributed by atoms with Gasteiger partial charge in [-0.1, -0.05) is 62.3 Å². The molecule has 0 aliphatic heterocycles. The Morgan fingerprint density at radius 2 is 0.968 bits per heavy atom. The maximum absolute atomic E-state index is 12.2. The van der Waals surface area contributed by atoms with Crippen molar-refractivity contribution in [3.8, 4) is 0 Å². The molecule has 188 valence electrons. The van der Waals surface area contributed by atoms with E-state index in [-0.39, 0.29) is 42.7 Å². The fraction of sp³-hybridized carbons (Fsp3) is 1.00. The lowest BCUT2D eigenvalue weighted by atomic mass is 9.91. The molecule has 0 aromatic carbocycles. The fourth-order valence-electron chi connectivity index (χ4n) is 2.48. The highest BCUT2D eigenvalue weighted by atomic mass is 31.2. The lowest BCUT2D eigenvalue weighted by Gasteiger charge is -2.37. The molecule has 0 amide bonds. The summed E-state index contributed by atoms with van der Waals surface area (Å²) in [4.78, 5) is 12.2. The predicted octanol–water partition coefficient (Wildman–Crippen LogP) is 5.07. The average Bonchev–Trinajstić information content (AvgIpc) is 2.48. The van der Waals surface area contributed by atoms with Gasteiger partial charge in [0, 0.05) is 0 Å². The fourth-order valence-corrected chi connectivity index (χ4v) is 3.49. The number of hydrogen-bond acceptors (Lipinski definition) is 7. The van der Waals surface area contributed by atoms with E-state index in [1.807, 2.05) is 0 Å². The van der Waals surface area contributed by atoms with Crippen LogP contribution in [-0.2, 0) is 27.8 Å². The summed E-state index contributed by atoms with van der Waals surface area (Å²) in [7, 11) is -4.46. The molecule has 7 nitrogen and oxygen atoms in total. The molecule has 0 saturated carbocycles. The summed E-state index contributed by atoms with van der Waals surface area (Å²) in [5, 5.41) is 0. The van der Waals surface area contributed by atoms with Gasteiger partial charge in [0.2, 0.25) is 0 Å². The molecule has 0 heterocycles. The van der Waals surface area contributed by atoms with Gasteiger partial charge in [-0.15, -0.1) is 0 Å². The van der Waals surface area contributed by atoms with Crippen LogP contribution in [-0.4, -0.2) is 52.4 Å². The van der Waals surface area contributed by atoms with Gasteiger partial charge in [-0.2, -0.15) is 0 Å². The van der Waals surface area contributed by atoms with Crippen molar-refractivity contribution >= 4 is 7.82 Å². The molecule has 31 heavy (non-hydrogen) atoms. The normalized spacial score (nSPS) is 16.0. The summed E-state index contributed by atoms with van der Waals surface area (Å²) in [6, 6.07) is 0. The van der Waals surface area contributed by atoms with Crippen molar-refractivity contribution in [3.63, 3.8) is 0 Å². The van der Waals surface area contributed by atoms with Crippen molar-refractivity contribution in [1.82, 2.24) is 0 Å². The summed E-state index contributed by atoms with van der Waals surface area (Å²) < 4.78 is 40.5. The summed E-state index contributed by atoms with van der Waals surface area (Å²) in [5.41, 5.74) is -0.874. The highest BCUT2D eigenvalue weighted by molar-refractivity contribution is 7.45. The Hall–Kier alpha value is -0.0100. The molecule has 0 saturated heterocycles. The number of ether oxygens (including phenoxy) is 3. The van der Waals surface area contributed by atoms with Gasteiger partial charge in [0.15, 0.2) is 0 Å².